The van der Waals surface area contributed by atoms with E-state index in [0.717, 1.165) is 83.2 Å². The van der Waals surface area contributed by atoms with Crippen LogP contribution in [0.4, 0.5) is 17.1 Å². The number of fused-ring (bicyclic) bond motifs is 9. The first-order valence-corrected chi connectivity index (χ1v) is 18.3. The van der Waals surface area contributed by atoms with Crippen LogP contribution < -0.4 is 4.90 Å². The monoisotopic (exact) mass is 683 g/mol. The third-order valence-electron chi connectivity index (χ3n) is 10.3. The Morgan fingerprint density at radius 3 is 1.83 bits per heavy atom. The zero-order chi connectivity index (χ0) is 34.2. The van der Waals surface area contributed by atoms with E-state index in [-0.39, 0.29) is 0 Å². The molecule has 0 amide bonds. The maximum atomic E-state index is 6.27. The van der Waals surface area contributed by atoms with Crippen molar-refractivity contribution in [1.82, 2.24) is 0 Å². The van der Waals surface area contributed by atoms with E-state index in [4.69, 9.17) is 8.83 Å². The van der Waals surface area contributed by atoms with Crippen molar-refractivity contribution in [3.8, 4) is 22.3 Å². The smallest absolute Gasteiger partial charge is 0.136 e. The predicted octanol–water partition coefficient (Wildman–Crippen LogP) is 14.7. The number of hydrogen-bond donors (Lipinski definition) is 0. The Morgan fingerprint density at radius 2 is 0.942 bits per heavy atom. The van der Waals surface area contributed by atoms with Crippen molar-refractivity contribution in [3.63, 3.8) is 0 Å². The van der Waals surface area contributed by atoms with Gasteiger partial charge in [-0.25, -0.2) is 0 Å². The third kappa shape index (κ3) is 4.58. The van der Waals surface area contributed by atoms with Gasteiger partial charge in [-0.15, -0.1) is 11.3 Å². The fraction of sp³-hybridized carbons (Fsp3) is 0. The molecule has 3 aromatic heterocycles. The van der Waals surface area contributed by atoms with Crippen LogP contribution in [-0.4, -0.2) is 0 Å². The summed E-state index contributed by atoms with van der Waals surface area (Å²) in [5.41, 5.74) is 11.4. The van der Waals surface area contributed by atoms with E-state index < -0.39 is 0 Å². The number of rotatable bonds is 5. The van der Waals surface area contributed by atoms with Gasteiger partial charge in [-0.1, -0.05) is 103 Å². The lowest BCUT2D eigenvalue weighted by molar-refractivity contribution is 0.668. The van der Waals surface area contributed by atoms with Crippen molar-refractivity contribution in [3.05, 3.63) is 176 Å². The molecule has 11 rings (SSSR count). The quantitative estimate of drug-likeness (QED) is 0.181. The van der Waals surface area contributed by atoms with E-state index in [2.05, 4.69) is 157 Å². The zero-order valence-corrected chi connectivity index (χ0v) is 28.7. The van der Waals surface area contributed by atoms with Gasteiger partial charge < -0.3 is 13.7 Å². The van der Waals surface area contributed by atoms with Crippen LogP contribution in [0.1, 0.15) is 0 Å². The first-order chi connectivity index (χ1) is 25.7. The number of hydrogen-bond acceptors (Lipinski definition) is 4. The summed E-state index contributed by atoms with van der Waals surface area (Å²) < 4.78 is 15.1. The van der Waals surface area contributed by atoms with Crippen molar-refractivity contribution in [1.29, 1.82) is 0 Å². The minimum Gasteiger partial charge on any atom is -0.456 e. The molecule has 0 bridgehead atoms. The Balaban J connectivity index is 1.05. The molecular weight excluding hydrogens is 655 g/mol. The van der Waals surface area contributed by atoms with Gasteiger partial charge in [0, 0.05) is 58.8 Å². The number of para-hydroxylation sites is 2. The van der Waals surface area contributed by atoms with Gasteiger partial charge in [0.2, 0.25) is 0 Å². The summed E-state index contributed by atoms with van der Waals surface area (Å²) in [5, 5.41) is 7.14. The first-order valence-electron chi connectivity index (χ1n) is 17.5. The molecule has 8 aromatic carbocycles. The number of benzene rings is 8. The highest BCUT2D eigenvalue weighted by atomic mass is 32.1. The molecule has 0 atom stereocenters. The summed E-state index contributed by atoms with van der Waals surface area (Å²) in [6, 6.07) is 62.7. The molecule has 3 heterocycles. The molecule has 0 aliphatic heterocycles. The van der Waals surface area contributed by atoms with E-state index >= 15 is 0 Å². The lowest BCUT2D eigenvalue weighted by atomic mass is 9.99. The van der Waals surface area contributed by atoms with Crippen molar-refractivity contribution in [2.45, 2.75) is 0 Å². The van der Waals surface area contributed by atoms with Crippen LogP contribution in [0.3, 0.4) is 0 Å². The lowest BCUT2D eigenvalue weighted by Gasteiger charge is -2.26. The summed E-state index contributed by atoms with van der Waals surface area (Å²) in [4.78, 5) is 2.37. The van der Waals surface area contributed by atoms with Gasteiger partial charge in [-0.05, 0) is 95.1 Å². The van der Waals surface area contributed by atoms with Crippen LogP contribution in [0.15, 0.2) is 185 Å². The number of anilines is 3. The van der Waals surface area contributed by atoms with Gasteiger partial charge in [-0.3, -0.25) is 0 Å². The van der Waals surface area contributed by atoms with E-state index in [0.29, 0.717) is 0 Å². The van der Waals surface area contributed by atoms with Crippen LogP contribution in [0, 0.1) is 0 Å². The summed E-state index contributed by atoms with van der Waals surface area (Å²) in [6.07, 6.45) is 0. The molecule has 0 saturated heterocycles. The molecule has 0 radical (unpaired) electrons. The second-order valence-electron chi connectivity index (χ2n) is 13.3. The molecule has 0 fully saturated rings. The van der Waals surface area contributed by atoms with Crippen molar-refractivity contribution < 1.29 is 8.83 Å². The standard InChI is InChI=1S/C48H29NO2S/c1-4-15-42-37(11-1)38-25-21-32(28-45(38)51-42)31-9-7-10-34(27-31)49(35-24-26-40-39-12-3-6-18-46(39)52-47(40)29-35)33-22-19-30(20-23-33)36-14-8-17-44-48(36)41-13-2-5-16-43(41)50-44/h1-29H. The molecule has 11 aromatic rings. The Bertz CT molecular complexity index is 3150. The summed E-state index contributed by atoms with van der Waals surface area (Å²) in [7, 11) is 0. The maximum absolute atomic E-state index is 6.27. The molecule has 0 spiro atoms. The topological polar surface area (TPSA) is 29.5 Å². The molecule has 4 heteroatoms. The van der Waals surface area contributed by atoms with Crippen LogP contribution in [0.5, 0.6) is 0 Å². The van der Waals surface area contributed by atoms with Crippen molar-refractivity contribution in [2.75, 3.05) is 4.90 Å². The van der Waals surface area contributed by atoms with E-state index in [9.17, 15) is 0 Å². The summed E-state index contributed by atoms with van der Waals surface area (Å²) >= 11 is 1.84. The highest BCUT2D eigenvalue weighted by molar-refractivity contribution is 7.25. The van der Waals surface area contributed by atoms with E-state index in [1.165, 1.54) is 20.2 Å². The minimum atomic E-state index is 0.896. The van der Waals surface area contributed by atoms with Crippen LogP contribution in [0.25, 0.3) is 86.3 Å². The van der Waals surface area contributed by atoms with Gasteiger partial charge in [0.15, 0.2) is 0 Å². The molecule has 0 N–H and O–H groups in total. The van der Waals surface area contributed by atoms with E-state index in [1.54, 1.807) is 0 Å². The third-order valence-corrected chi connectivity index (χ3v) is 11.4. The van der Waals surface area contributed by atoms with Crippen molar-refractivity contribution >= 4 is 92.4 Å². The normalized spacial score (nSPS) is 11.8. The van der Waals surface area contributed by atoms with Gasteiger partial charge in [0.25, 0.3) is 0 Å². The number of furan rings is 2. The molecule has 244 valence electrons. The predicted molar refractivity (Wildman–Crippen MR) is 219 cm³/mol. The maximum Gasteiger partial charge on any atom is 0.136 e. The van der Waals surface area contributed by atoms with E-state index in [1.807, 2.05) is 35.6 Å². The SMILES string of the molecule is c1cc(-c2ccc3c(c2)oc2ccccc23)cc(N(c2ccc(-c3cccc4oc5ccccc5c34)cc2)c2ccc3c(c2)sc2ccccc23)c1. The van der Waals surface area contributed by atoms with Gasteiger partial charge in [0.1, 0.15) is 22.3 Å². The molecule has 0 aliphatic carbocycles. The Kier molecular flexibility index (Phi) is 6.42. The minimum absolute atomic E-state index is 0.896. The molecule has 0 aliphatic rings. The Morgan fingerprint density at radius 1 is 0.346 bits per heavy atom. The second kappa shape index (κ2) is 11.5. The molecule has 0 unspecified atom stereocenters. The Hall–Kier alpha value is -6.62. The second-order valence-corrected chi connectivity index (χ2v) is 14.4. The lowest BCUT2D eigenvalue weighted by Crippen LogP contribution is -2.09. The van der Waals surface area contributed by atoms with Crippen LogP contribution in [-0.2, 0) is 0 Å². The van der Waals surface area contributed by atoms with Gasteiger partial charge >= 0.3 is 0 Å². The highest BCUT2D eigenvalue weighted by Gasteiger charge is 2.18. The summed E-state index contributed by atoms with van der Waals surface area (Å²) in [5.74, 6) is 0. The highest BCUT2D eigenvalue weighted by Crippen LogP contribution is 2.43. The first kappa shape index (κ1) is 29.1. The van der Waals surface area contributed by atoms with Gasteiger partial charge in [0.05, 0.1) is 0 Å². The average Bonchev–Trinajstić information content (AvgIpc) is 3.89. The van der Waals surface area contributed by atoms with Crippen LogP contribution >= 0.6 is 11.3 Å². The number of thiophene rings is 1. The van der Waals surface area contributed by atoms with Crippen molar-refractivity contribution in [2.24, 2.45) is 0 Å². The largest absolute Gasteiger partial charge is 0.456 e. The number of nitrogens with zero attached hydrogens (tertiary/aromatic N) is 1. The fourth-order valence-electron chi connectivity index (χ4n) is 7.84. The van der Waals surface area contributed by atoms with Crippen LogP contribution in [0.2, 0.25) is 0 Å². The zero-order valence-electron chi connectivity index (χ0n) is 27.9. The molecule has 0 saturated carbocycles. The average molecular weight is 684 g/mol. The molecule has 3 nitrogen and oxygen atoms in total. The molecular formula is C48H29NO2S. The van der Waals surface area contributed by atoms with Gasteiger partial charge in [-0.2, -0.15) is 0 Å². The molecule has 52 heavy (non-hydrogen) atoms. The Labute approximate surface area is 303 Å². The summed E-state index contributed by atoms with van der Waals surface area (Å²) in [6.45, 7) is 0. The fourth-order valence-corrected chi connectivity index (χ4v) is 8.98.